The zero-order valence-electron chi connectivity index (χ0n) is 12.0. The normalized spacial score (nSPS) is 22.1. The zero-order valence-corrected chi connectivity index (χ0v) is 13.6. The lowest BCUT2D eigenvalue weighted by molar-refractivity contribution is -0.145. The van der Waals surface area contributed by atoms with Gasteiger partial charge in [-0.1, -0.05) is 18.5 Å². The molecule has 1 N–H and O–H groups in total. The number of hydrogen-bond acceptors (Lipinski definition) is 3. The molecule has 4 nitrogen and oxygen atoms in total. The van der Waals surface area contributed by atoms with Gasteiger partial charge in [0.25, 0.3) is 5.91 Å². The van der Waals surface area contributed by atoms with Gasteiger partial charge in [-0.2, -0.15) is 0 Å². The van der Waals surface area contributed by atoms with Gasteiger partial charge < -0.3 is 10.0 Å². The maximum Gasteiger partial charge on any atom is 0.326 e. The predicted octanol–water partition coefficient (Wildman–Crippen LogP) is 3.39. The number of likely N-dealkylation sites (tertiary alicyclic amines) is 1. The van der Waals surface area contributed by atoms with Crippen molar-refractivity contribution in [2.45, 2.75) is 30.7 Å². The molecule has 2 unspecified atom stereocenters. The minimum atomic E-state index is -0.951. The Labute approximate surface area is 133 Å². The number of rotatable bonds is 3. The Bertz CT molecular complexity index is 564. The number of carboxylic acid groups (broad SMARTS) is 1. The topological polar surface area (TPSA) is 57.6 Å². The number of halogens is 1. The summed E-state index contributed by atoms with van der Waals surface area (Å²) in [6.07, 6.45) is 3.55. The fourth-order valence-electron chi connectivity index (χ4n) is 2.74. The van der Waals surface area contributed by atoms with Gasteiger partial charge in [-0.3, -0.25) is 4.79 Å². The molecule has 0 aromatic heterocycles. The van der Waals surface area contributed by atoms with E-state index in [9.17, 15) is 14.7 Å². The molecule has 1 heterocycles. The summed E-state index contributed by atoms with van der Waals surface area (Å²) in [5, 5.41) is 9.78. The second-order valence-electron chi connectivity index (χ2n) is 5.25. The first kappa shape index (κ1) is 16.2. The van der Waals surface area contributed by atoms with Gasteiger partial charge in [0, 0.05) is 11.4 Å². The molecule has 1 amide bonds. The average molecular weight is 328 g/mol. The molecule has 2 atom stereocenters. The van der Waals surface area contributed by atoms with Crippen molar-refractivity contribution in [2.75, 3.05) is 12.8 Å². The van der Waals surface area contributed by atoms with Gasteiger partial charge in [-0.05, 0) is 43.2 Å². The summed E-state index contributed by atoms with van der Waals surface area (Å²) in [4.78, 5) is 26.6. The van der Waals surface area contributed by atoms with E-state index in [1.54, 1.807) is 12.1 Å². The molecular weight excluding hydrogens is 310 g/mol. The number of thioether (sulfide) groups is 1. The van der Waals surface area contributed by atoms with Crippen LogP contribution in [0.2, 0.25) is 5.02 Å². The third kappa shape index (κ3) is 3.35. The van der Waals surface area contributed by atoms with E-state index in [2.05, 4.69) is 0 Å². The van der Waals surface area contributed by atoms with Gasteiger partial charge in [0.05, 0.1) is 10.6 Å². The summed E-state index contributed by atoms with van der Waals surface area (Å²) in [5.74, 6) is -1.30. The number of carbonyl (C=O) groups excluding carboxylic acids is 1. The third-order valence-electron chi connectivity index (χ3n) is 3.85. The molecule has 1 aliphatic heterocycles. The van der Waals surface area contributed by atoms with Crippen LogP contribution in [0.15, 0.2) is 23.1 Å². The Morgan fingerprint density at radius 2 is 2.14 bits per heavy atom. The molecule has 1 aliphatic rings. The van der Waals surface area contributed by atoms with Crippen molar-refractivity contribution in [2.24, 2.45) is 5.92 Å². The third-order valence-corrected chi connectivity index (χ3v) is 4.91. The predicted molar refractivity (Wildman–Crippen MR) is 84.1 cm³/mol. The lowest BCUT2D eigenvalue weighted by Crippen LogP contribution is -2.52. The van der Waals surface area contributed by atoms with Gasteiger partial charge in [-0.25, -0.2) is 4.79 Å². The maximum atomic E-state index is 12.7. The second-order valence-corrected chi connectivity index (χ2v) is 6.53. The number of aliphatic carboxylic acids is 1. The van der Waals surface area contributed by atoms with Crippen LogP contribution < -0.4 is 0 Å². The quantitative estimate of drug-likeness (QED) is 0.865. The lowest BCUT2D eigenvalue weighted by atomic mass is 9.90. The van der Waals surface area contributed by atoms with Crippen molar-refractivity contribution in [3.05, 3.63) is 28.8 Å². The SMILES string of the molecule is CSc1ccc(Cl)c(C(=O)N2CCCC(C)C2C(=O)O)c1. The van der Waals surface area contributed by atoms with E-state index in [1.165, 1.54) is 16.7 Å². The van der Waals surface area contributed by atoms with E-state index >= 15 is 0 Å². The van der Waals surface area contributed by atoms with E-state index in [1.807, 2.05) is 19.2 Å². The fourth-order valence-corrected chi connectivity index (χ4v) is 3.38. The summed E-state index contributed by atoms with van der Waals surface area (Å²) in [6, 6.07) is 4.48. The van der Waals surface area contributed by atoms with Crippen molar-refractivity contribution in [3.8, 4) is 0 Å². The molecule has 1 saturated heterocycles. The van der Waals surface area contributed by atoms with Crippen molar-refractivity contribution in [3.63, 3.8) is 0 Å². The van der Waals surface area contributed by atoms with Gasteiger partial charge in [0.2, 0.25) is 0 Å². The van der Waals surface area contributed by atoms with E-state index in [4.69, 9.17) is 11.6 Å². The van der Waals surface area contributed by atoms with Crippen LogP contribution in [-0.4, -0.2) is 40.7 Å². The summed E-state index contributed by atoms with van der Waals surface area (Å²) in [6.45, 7) is 2.33. The number of hydrogen-bond donors (Lipinski definition) is 1. The fraction of sp³-hybridized carbons (Fsp3) is 0.467. The summed E-state index contributed by atoms with van der Waals surface area (Å²) in [5.41, 5.74) is 0.379. The monoisotopic (exact) mass is 327 g/mol. The minimum Gasteiger partial charge on any atom is -0.480 e. The number of nitrogens with zero attached hydrogens (tertiary/aromatic N) is 1. The highest BCUT2D eigenvalue weighted by atomic mass is 35.5. The smallest absolute Gasteiger partial charge is 0.326 e. The molecule has 1 fully saturated rings. The van der Waals surface area contributed by atoms with Crippen LogP contribution in [0.5, 0.6) is 0 Å². The van der Waals surface area contributed by atoms with Gasteiger partial charge in [0.15, 0.2) is 0 Å². The molecule has 0 bridgehead atoms. The van der Waals surface area contributed by atoms with E-state index in [0.29, 0.717) is 17.1 Å². The highest BCUT2D eigenvalue weighted by Gasteiger charge is 2.37. The molecule has 6 heteroatoms. The summed E-state index contributed by atoms with van der Waals surface area (Å²) < 4.78 is 0. The zero-order chi connectivity index (χ0) is 15.6. The highest BCUT2D eigenvalue weighted by molar-refractivity contribution is 7.98. The Hall–Kier alpha value is -1.20. The molecule has 0 saturated carbocycles. The number of carboxylic acids is 1. The van der Waals surface area contributed by atoms with Crippen molar-refractivity contribution < 1.29 is 14.7 Å². The van der Waals surface area contributed by atoms with Crippen LogP contribution in [0.3, 0.4) is 0 Å². The highest BCUT2D eigenvalue weighted by Crippen LogP contribution is 2.29. The standard InChI is InChI=1S/C15H18ClNO3S/c1-9-4-3-7-17(13(9)15(19)20)14(18)11-8-10(21-2)5-6-12(11)16/h5-6,8-9,13H,3-4,7H2,1-2H3,(H,19,20). The van der Waals surface area contributed by atoms with Crippen LogP contribution in [-0.2, 0) is 4.79 Å². The first-order chi connectivity index (χ1) is 9.95. The maximum absolute atomic E-state index is 12.7. The van der Waals surface area contributed by atoms with Gasteiger partial charge in [0.1, 0.15) is 6.04 Å². The van der Waals surface area contributed by atoms with Crippen LogP contribution in [0, 0.1) is 5.92 Å². The largest absolute Gasteiger partial charge is 0.480 e. The Morgan fingerprint density at radius 3 is 2.76 bits per heavy atom. The summed E-state index contributed by atoms with van der Waals surface area (Å²) in [7, 11) is 0. The first-order valence-corrected chi connectivity index (χ1v) is 8.43. The van der Waals surface area contributed by atoms with Crippen LogP contribution >= 0.6 is 23.4 Å². The van der Waals surface area contributed by atoms with Crippen LogP contribution in [0.4, 0.5) is 0 Å². The molecule has 1 aromatic carbocycles. The molecule has 2 rings (SSSR count). The average Bonchev–Trinajstić information content (AvgIpc) is 2.46. The first-order valence-electron chi connectivity index (χ1n) is 6.83. The van der Waals surface area contributed by atoms with E-state index in [-0.39, 0.29) is 11.8 Å². The second kappa shape index (κ2) is 6.71. The Morgan fingerprint density at radius 1 is 1.43 bits per heavy atom. The number of benzene rings is 1. The van der Waals surface area contributed by atoms with Crippen molar-refractivity contribution in [1.82, 2.24) is 4.90 Å². The molecule has 114 valence electrons. The number of amides is 1. The molecule has 0 spiro atoms. The Balaban J connectivity index is 2.35. The molecular formula is C15H18ClNO3S. The molecule has 21 heavy (non-hydrogen) atoms. The molecule has 0 aliphatic carbocycles. The number of piperidine rings is 1. The van der Waals surface area contributed by atoms with E-state index in [0.717, 1.165) is 17.7 Å². The molecule has 1 aromatic rings. The van der Waals surface area contributed by atoms with E-state index < -0.39 is 12.0 Å². The van der Waals surface area contributed by atoms with Crippen molar-refractivity contribution >= 4 is 35.2 Å². The van der Waals surface area contributed by atoms with Gasteiger partial charge in [-0.15, -0.1) is 11.8 Å². The molecule has 0 radical (unpaired) electrons. The van der Waals surface area contributed by atoms with Crippen molar-refractivity contribution in [1.29, 1.82) is 0 Å². The minimum absolute atomic E-state index is 0.0530. The Kier molecular flexibility index (Phi) is 5.17. The number of carbonyl (C=O) groups is 2. The summed E-state index contributed by atoms with van der Waals surface area (Å²) >= 11 is 7.64. The lowest BCUT2D eigenvalue weighted by Gasteiger charge is -2.37. The van der Waals surface area contributed by atoms with Gasteiger partial charge >= 0.3 is 5.97 Å². The van der Waals surface area contributed by atoms with Crippen LogP contribution in [0.1, 0.15) is 30.1 Å². The van der Waals surface area contributed by atoms with Crippen LogP contribution in [0.25, 0.3) is 0 Å².